The van der Waals surface area contributed by atoms with Crippen LogP contribution in [0.5, 0.6) is 0 Å². The van der Waals surface area contributed by atoms with Crippen LogP contribution in [0.1, 0.15) is 60.5 Å². The number of hydrogen-bond donors (Lipinski definition) is 1. The second-order valence-corrected chi connectivity index (χ2v) is 7.16. The van der Waals surface area contributed by atoms with Crippen molar-refractivity contribution in [3.8, 4) is 0 Å². The van der Waals surface area contributed by atoms with Gasteiger partial charge in [0.1, 0.15) is 0 Å². The zero-order valence-corrected chi connectivity index (χ0v) is 13.7. The Labute approximate surface area is 131 Å². The van der Waals surface area contributed by atoms with E-state index >= 15 is 0 Å². The van der Waals surface area contributed by atoms with Crippen molar-refractivity contribution in [2.24, 2.45) is 0 Å². The second-order valence-electron chi connectivity index (χ2n) is 5.90. The van der Waals surface area contributed by atoms with Gasteiger partial charge in [0, 0.05) is 29.0 Å². The van der Waals surface area contributed by atoms with Crippen molar-refractivity contribution >= 4 is 11.3 Å². The molecule has 1 N–H and O–H groups in total. The van der Waals surface area contributed by atoms with E-state index in [0.717, 1.165) is 25.2 Å². The summed E-state index contributed by atoms with van der Waals surface area (Å²) < 4.78 is 2.19. The molecule has 1 aliphatic rings. The van der Waals surface area contributed by atoms with Gasteiger partial charge in [-0.15, -0.1) is 11.3 Å². The van der Waals surface area contributed by atoms with E-state index in [1.165, 1.54) is 41.9 Å². The molecule has 0 unspecified atom stereocenters. The molecule has 0 bridgehead atoms. The number of hydrogen-bond acceptors (Lipinski definition) is 3. The molecule has 0 radical (unpaired) electrons. The van der Waals surface area contributed by atoms with Gasteiger partial charge in [-0.1, -0.05) is 26.2 Å². The van der Waals surface area contributed by atoms with E-state index in [4.69, 9.17) is 5.10 Å². The molecule has 3 rings (SSSR count). The highest BCUT2D eigenvalue weighted by atomic mass is 32.1. The van der Waals surface area contributed by atoms with E-state index in [2.05, 4.69) is 41.3 Å². The number of nitrogens with zero attached hydrogens (tertiary/aromatic N) is 2. The number of aryl methyl sites for hydroxylation is 1. The molecule has 4 heteroatoms. The van der Waals surface area contributed by atoms with Crippen LogP contribution < -0.4 is 5.32 Å². The number of rotatable bonds is 6. The Morgan fingerprint density at radius 2 is 1.95 bits per heavy atom. The average molecular weight is 303 g/mol. The van der Waals surface area contributed by atoms with Crippen molar-refractivity contribution < 1.29 is 0 Å². The van der Waals surface area contributed by atoms with Crippen LogP contribution in [-0.4, -0.2) is 9.78 Å². The monoisotopic (exact) mass is 303 g/mol. The number of nitrogens with one attached hydrogen (secondary N) is 1. The molecule has 0 saturated heterocycles. The van der Waals surface area contributed by atoms with Gasteiger partial charge >= 0.3 is 0 Å². The van der Waals surface area contributed by atoms with Crippen LogP contribution >= 0.6 is 11.3 Å². The van der Waals surface area contributed by atoms with Crippen molar-refractivity contribution in [2.45, 2.75) is 64.6 Å². The summed E-state index contributed by atoms with van der Waals surface area (Å²) in [5.41, 5.74) is 1.16. The fourth-order valence-corrected chi connectivity index (χ4v) is 3.97. The Hall–Kier alpha value is -1.13. The minimum absolute atomic E-state index is 0.636. The maximum absolute atomic E-state index is 4.74. The van der Waals surface area contributed by atoms with E-state index in [-0.39, 0.29) is 0 Å². The molecule has 1 saturated carbocycles. The third-order valence-electron chi connectivity index (χ3n) is 4.28. The summed E-state index contributed by atoms with van der Waals surface area (Å²) in [5, 5.41) is 8.25. The Morgan fingerprint density at radius 1 is 1.14 bits per heavy atom. The Bertz CT molecular complexity index is 552. The zero-order chi connectivity index (χ0) is 14.5. The quantitative estimate of drug-likeness (QED) is 0.862. The summed E-state index contributed by atoms with van der Waals surface area (Å²) >= 11 is 1.91. The smallest absolute Gasteiger partial charge is 0.0762 e. The molecular weight excluding hydrogens is 278 g/mol. The van der Waals surface area contributed by atoms with Crippen LogP contribution in [0.4, 0.5) is 0 Å². The third-order valence-corrected chi connectivity index (χ3v) is 5.51. The van der Waals surface area contributed by atoms with Crippen molar-refractivity contribution in [1.82, 2.24) is 15.1 Å². The highest BCUT2D eigenvalue weighted by Gasteiger charge is 2.15. The Morgan fingerprint density at radius 3 is 2.71 bits per heavy atom. The van der Waals surface area contributed by atoms with Crippen molar-refractivity contribution in [3.05, 3.63) is 39.8 Å². The molecule has 2 aromatic rings. The summed E-state index contributed by atoms with van der Waals surface area (Å²) in [4.78, 5) is 2.88. The molecule has 0 amide bonds. The Balaban J connectivity index is 1.48. The highest BCUT2D eigenvalue weighted by Crippen LogP contribution is 2.27. The van der Waals surface area contributed by atoms with Gasteiger partial charge < -0.3 is 5.32 Å². The maximum atomic E-state index is 4.74. The molecule has 114 valence electrons. The fraction of sp³-hybridized carbons (Fsp3) is 0.588. The first-order chi connectivity index (χ1) is 10.3. The van der Waals surface area contributed by atoms with Gasteiger partial charge in [0.05, 0.1) is 11.7 Å². The predicted octanol–water partition coefficient (Wildman–Crippen LogP) is 4.30. The summed E-state index contributed by atoms with van der Waals surface area (Å²) in [5.74, 6) is 0. The van der Waals surface area contributed by atoms with Gasteiger partial charge in [-0.25, -0.2) is 0 Å². The molecule has 21 heavy (non-hydrogen) atoms. The van der Waals surface area contributed by atoms with Crippen LogP contribution in [0.2, 0.25) is 0 Å². The third kappa shape index (κ3) is 3.95. The molecule has 0 aliphatic heterocycles. The molecule has 2 heterocycles. The minimum atomic E-state index is 0.636. The van der Waals surface area contributed by atoms with Crippen LogP contribution in [0, 0.1) is 0 Å². The van der Waals surface area contributed by atoms with E-state index in [9.17, 15) is 0 Å². The summed E-state index contributed by atoms with van der Waals surface area (Å²) in [6, 6.07) is 7.27. The molecule has 3 nitrogen and oxygen atoms in total. The summed E-state index contributed by atoms with van der Waals surface area (Å²) in [6.45, 7) is 4.01. The first-order valence-electron chi connectivity index (χ1n) is 8.17. The lowest BCUT2D eigenvalue weighted by molar-refractivity contribution is 0.327. The lowest BCUT2D eigenvalue weighted by Gasteiger charge is -2.21. The van der Waals surface area contributed by atoms with E-state index in [1.54, 1.807) is 0 Å². The van der Waals surface area contributed by atoms with Gasteiger partial charge in [-0.3, -0.25) is 4.68 Å². The average Bonchev–Trinajstić information content (AvgIpc) is 3.17. The Kier molecular flexibility index (Phi) is 5.09. The van der Waals surface area contributed by atoms with E-state index in [1.807, 2.05) is 11.3 Å². The predicted molar refractivity (Wildman–Crippen MR) is 88.6 cm³/mol. The van der Waals surface area contributed by atoms with Crippen LogP contribution in [-0.2, 0) is 19.5 Å². The molecule has 2 aromatic heterocycles. The number of thiophene rings is 1. The number of aromatic nitrogens is 2. The van der Waals surface area contributed by atoms with Gasteiger partial charge in [0.25, 0.3) is 0 Å². The van der Waals surface area contributed by atoms with Crippen LogP contribution in [0.15, 0.2) is 24.4 Å². The molecule has 0 spiro atoms. The van der Waals surface area contributed by atoms with Gasteiger partial charge in [-0.2, -0.15) is 5.10 Å². The normalized spacial score (nSPS) is 16.4. The molecule has 1 fully saturated rings. The summed E-state index contributed by atoms with van der Waals surface area (Å²) in [7, 11) is 0. The van der Waals surface area contributed by atoms with E-state index in [0.29, 0.717) is 6.04 Å². The SMILES string of the molecule is CCc1ccc(CNCc2ccn(C3CCCCC3)n2)s1. The molecule has 0 atom stereocenters. The largest absolute Gasteiger partial charge is 0.306 e. The first kappa shape index (κ1) is 14.8. The van der Waals surface area contributed by atoms with Crippen LogP contribution in [0.3, 0.4) is 0 Å². The fourth-order valence-electron chi connectivity index (χ4n) is 3.04. The molecular formula is C17H25N3S. The first-order valence-corrected chi connectivity index (χ1v) is 8.99. The lowest BCUT2D eigenvalue weighted by atomic mass is 9.96. The minimum Gasteiger partial charge on any atom is -0.306 e. The summed E-state index contributed by atoms with van der Waals surface area (Å²) in [6.07, 6.45) is 10.00. The van der Waals surface area contributed by atoms with Gasteiger partial charge in [-0.05, 0) is 37.5 Å². The topological polar surface area (TPSA) is 29.9 Å². The zero-order valence-electron chi connectivity index (χ0n) is 12.8. The van der Waals surface area contributed by atoms with Crippen LogP contribution in [0.25, 0.3) is 0 Å². The maximum Gasteiger partial charge on any atom is 0.0762 e. The molecule has 0 aromatic carbocycles. The molecule has 1 aliphatic carbocycles. The second kappa shape index (κ2) is 7.23. The lowest BCUT2D eigenvalue weighted by Crippen LogP contribution is -2.15. The van der Waals surface area contributed by atoms with Gasteiger partial charge in [0.15, 0.2) is 0 Å². The highest BCUT2D eigenvalue weighted by molar-refractivity contribution is 7.11. The van der Waals surface area contributed by atoms with E-state index < -0.39 is 0 Å². The van der Waals surface area contributed by atoms with Crippen molar-refractivity contribution in [2.75, 3.05) is 0 Å². The van der Waals surface area contributed by atoms with Crippen molar-refractivity contribution in [1.29, 1.82) is 0 Å². The van der Waals surface area contributed by atoms with Crippen molar-refractivity contribution in [3.63, 3.8) is 0 Å². The standard InChI is InChI=1S/C17H25N3S/c1-2-16-8-9-17(21-16)13-18-12-14-10-11-20(19-14)15-6-4-3-5-7-15/h8-11,15,18H,2-7,12-13H2,1H3. The van der Waals surface area contributed by atoms with Gasteiger partial charge in [0.2, 0.25) is 0 Å².